The van der Waals surface area contributed by atoms with Crippen molar-refractivity contribution in [2.45, 2.75) is 33.4 Å². The van der Waals surface area contributed by atoms with Crippen LogP contribution in [0.15, 0.2) is 66.9 Å². The van der Waals surface area contributed by atoms with E-state index in [1.54, 1.807) is 11.1 Å². The maximum Gasteiger partial charge on any atom is 0.243 e. The van der Waals surface area contributed by atoms with E-state index in [2.05, 4.69) is 4.98 Å². The molecule has 0 aliphatic carbocycles. The largest absolute Gasteiger partial charge is 0.334 e. The molecular formula is C23H25N3O2. The van der Waals surface area contributed by atoms with Gasteiger partial charge in [-0.25, -0.2) is 0 Å². The molecule has 3 rings (SSSR count). The van der Waals surface area contributed by atoms with Gasteiger partial charge in [0.2, 0.25) is 11.8 Å². The number of amides is 2. The summed E-state index contributed by atoms with van der Waals surface area (Å²) in [6.07, 6.45) is 1.70. The fourth-order valence-electron chi connectivity index (χ4n) is 3.24. The number of rotatable bonds is 6. The van der Waals surface area contributed by atoms with E-state index in [0.717, 1.165) is 10.9 Å². The zero-order chi connectivity index (χ0) is 20.1. The highest BCUT2D eigenvalue weighted by atomic mass is 16.2. The minimum atomic E-state index is -0.185. The van der Waals surface area contributed by atoms with Crippen LogP contribution in [0.1, 0.15) is 26.3 Å². The predicted octanol–water partition coefficient (Wildman–Crippen LogP) is 4.02. The van der Waals surface area contributed by atoms with Gasteiger partial charge < -0.3 is 9.80 Å². The minimum Gasteiger partial charge on any atom is -0.334 e. The van der Waals surface area contributed by atoms with Crippen LogP contribution in [0, 0.1) is 0 Å². The van der Waals surface area contributed by atoms with Crippen LogP contribution in [-0.4, -0.2) is 34.3 Å². The van der Waals surface area contributed by atoms with Gasteiger partial charge in [0, 0.05) is 31.1 Å². The van der Waals surface area contributed by atoms with Crippen molar-refractivity contribution in [2.24, 2.45) is 0 Å². The standard InChI is InChI=1S/C23H25N3O2/c1-17(2)25(15-19-9-5-4-6-10-19)22(28)16-26(18(3)27)21-13-7-11-20-12-8-14-24-23(20)21/h4-14,17H,15-16H2,1-3H3. The Hall–Kier alpha value is -3.21. The highest BCUT2D eigenvalue weighted by molar-refractivity contribution is 6.04. The van der Waals surface area contributed by atoms with E-state index in [1.165, 1.54) is 11.8 Å². The molecule has 0 atom stereocenters. The molecule has 0 saturated heterocycles. The van der Waals surface area contributed by atoms with Crippen molar-refractivity contribution < 1.29 is 9.59 Å². The van der Waals surface area contributed by atoms with Crippen LogP contribution < -0.4 is 4.90 Å². The molecule has 28 heavy (non-hydrogen) atoms. The number of benzene rings is 2. The van der Waals surface area contributed by atoms with Gasteiger partial charge in [-0.15, -0.1) is 0 Å². The van der Waals surface area contributed by atoms with Crippen molar-refractivity contribution in [3.8, 4) is 0 Å². The normalized spacial score (nSPS) is 10.9. The number of carbonyl (C=O) groups excluding carboxylic acids is 2. The molecule has 0 radical (unpaired) electrons. The molecule has 0 aliphatic heterocycles. The van der Waals surface area contributed by atoms with Crippen LogP contribution in [0.4, 0.5) is 5.69 Å². The third-order valence-corrected chi connectivity index (χ3v) is 4.72. The molecule has 0 saturated carbocycles. The van der Waals surface area contributed by atoms with Gasteiger partial charge >= 0.3 is 0 Å². The summed E-state index contributed by atoms with van der Waals surface area (Å²) in [6, 6.07) is 19.4. The zero-order valence-corrected chi connectivity index (χ0v) is 16.5. The number of pyridine rings is 1. The molecular weight excluding hydrogens is 350 g/mol. The maximum absolute atomic E-state index is 13.1. The van der Waals surface area contributed by atoms with Gasteiger partial charge in [-0.2, -0.15) is 0 Å². The van der Waals surface area contributed by atoms with Crippen molar-refractivity contribution in [3.63, 3.8) is 0 Å². The van der Waals surface area contributed by atoms with Crippen LogP contribution in [0.25, 0.3) is 10.9 Å². The second-order valence-electron chi connectivity index (χ2n) is 7.06. The quantitative estimate of drug-likeness (QED) is 0.654. The summed E-state index contributed by atoms with van der Waals surface area (Å²) in [7, 11) is 0. The smallest absolute Gasteiger partial charge is 0.243 e. The van der Waals surface area contributed by atoms with Gasteiger partial charge in [0.1, 0.15) is 6.54 Å². The lowest BCUT2D eigenvalue weighted by molar-refractivity contribution is -0.133. The van der Waals surface area contributed by atoms with Crippen molar-refractivity contribution >= 4 is 28.4 Å². The second kappa shape index (κ2) is 8.65. The molecule has 5 nitrogen and oxygen atoms in total. The number of hydrogen-bond donors (Lipinski definition) is 0. The lowest BCUT2D eigenvalue weighted by atomic mass is 10.1. The van der Waals surface area contributed by atoms with Crippen LogP contribution in [0.3, 0.4) is 0 Å². The molecule has 5 heteroatoms. The molecule has 144 valence electrons. The van der Waals surface area contributed by atoms with Crippen molar-refractivity contribution in [3.05, 3.63) is 72.4 Å². The summed E-state index contributed by atoms with van der Waals surface area (Å²) in [6.45, 7) is 5.94. The van der Waals surface area contributed by atoms with Gasteiger partial charge in [0.15, 0.2) is 0 Å². The van der Waals surface area contributed by atoms with E-state index < -0.39 is 0 Å². The molecule has 1 heterocycles. The number of aromatic nitrogens is 1. The van der Waals surface area contributed by atoms with Crippen LogP contribution in [0.2, 0.25) is 0 Å². The van der Waals surface area contributed by atoms with E-state index in [0.29, 0.717) is 17.7 Å². The van der Waals surface area contributed by atoms with Gasteiger partial charge in [-0.3, -0.25) is 14.6 Å². The average Bonchev–Trinajstić information content (AvgIpc) is 2.70. The molecule has 2 aromatic carbocycles. The highest BCUT2D eigenvalue weighted by Gasteiger charge is 2.24. The number of hydrogen-bond acceptors (Lipinski definition) is 3. The van der Waals surface area contributed by atoms with Crippen molar-refractivity contribution in [2.75, 3.05) is 11.4 Å². The summed E-state index contributed by atoms with van der Waals surface area (Å²) >= 11 is 0. The fourth-order valence-corrected chi connectivity index (χ4v) is 3.24. The molecule has 1 aromatic heterocycles. The zero-order valence-electron chi connectivity index (χ0n) is 16.5. The van der Waals surface area contributed by atoms with Crippen LogP contribution in [0.5, 0.6) is 0 Å². The third kappa shape index (κ3) is 4.36. The Morgan fingerprint density at radius 3 is 2.36 bits per heavy atom. The second-order valence-corrected chi connectivity index (χ2v) is 7.06. The Morgan fingerprint density at radius 1 is 0.964 bits per heavy atom. The molecule has 3 aromatic rings. The maximum atomic E-state index is 13.1. The first-order chi connectivity index (χ1) is 13.5. The highest BCUT2D eigenvalue weighted by Crippen LogP contribution is 2.25. The first-order valence-corrected chi connectivity index (χ1v) is 9.42. The van der Waals surface area contributed by atoms with Gasteiger partial charge in [0.25, 0.3) is 0 Å². The van der Waals surface area contributed by atoms with E-state index >= 15 is 0 Å². The average molecular weight is 375 g/mol. The Labute approximate surface area is 165 Å². The summed E-state index contributed by atoms with van der Waals surface area (Å²) < 4.78 is 0. The predicted molar refractivity (Wildman–Crippen MR) is 112 cm³/mol. The van der Waals surface area contributed by atoms with Crippen molar-refractivity contribution in [1.29, 1.82) is 0 Å². The number of nitrogens with zero attached hydrogens (tertiary/aromatic N) is 3. The molecule has 0 N–H and O–H groups in total. The third-order valence-electron chi connectivity index (χ3n) is 4.72. The fraction of sp³-hybridized carbons (Fsp3) is 0.261. The minimum absolute atomic E-state index is 0.0178. The number of carbonyl (C=O) groups is 2. The Morgan fingerprint density at radius 2 is 1.68 bits per heavy atom. The van der Waals surface area contributed by atoms with E-state index in [4.69, 9.17) is 0 Å². The number of fused-ring (bicyclic) bond motifs is 1. The van der Waals surface area contributed by atoms with Crippen LogP contribution in [-0.2, 0) is 16.1 Å². The molecule has 0 bridgehead atoms. The topological polar surface area (TPSA) is 53.5 Å². The summed E-state index contributed by atoms with van der Waals surface area (Å²) in [5.41, 5.74) is 2.43. The van der Waals surface area contributed by atoms with Gasteiger partial charge in [-0.1, -0.05) is 48.5 Å². The van der Waals surface area contributed by atoms with Crippen LogP contribution >= 0.6 is 0 Å². The number of para-hydroxylation sites is 1. The first kappa shape index (κ1) is 19.5. The Balaban J connectivity index is 1.88. The number of anilines is 1. The monoisotopic (exact) mass is 375 g/mol. The van der Waals surface area contributed by atoms with E-state index in [-0.39, 0.29) is 24.4 Å². The van der Waals surface area contributed by atoms with Gasteiger partial charge in [-0.05, 0) is 31.5 Å². The summed E-state index contributed by atoms with van der Waals surface area (Å²) in [5.74, 6) is -0.281. The molecule has 2 amide bonds. The molecule has 0 spiro atoms. The summed E-state index contributed by atoms with van der Waals surface area (Å²) in [5, 5.41) is 0.934. The lowest BCUT2D eigenvalue weighted by Gasteiger charge is -2.30. The van der Waals surface area contributed by atoms with E-state index in [9.17, 15) is 9.59 Å². The van der Waals surface area contributed by atoms with E-state index in [1.807, 2.05) is 74.5 Å². The SMILES string of the molecule is CC(=O)N(CC(=O)N(Cc1ccccc1)C(C)C)c1cccc2cccnc12. The molecule has 0 aliphatic rings. The Kier molecular flexibility index (Phi) is 6.04. The first-order valence-electron chi connectivity index (χ1n) is 9.42. The lowest BCUT2D eigenvalue weighted by Crippen LogP contribution is -2.44. The van der Waals surface area contributed by atoms with Crippen molar-refractivity contribution in [1.82, 2.24) is 9.88 Å². The Bertz CT molecular complexity index is 965. The molecule has 0 fully saturated rings. The molecule has 0 unspecified atom stereocenters. The summed E-state index contributed by atoms with van der Waals surface area (Å²) in [4.78, 5) is 33.3. The van der Waals surface area contributed by atoms with Gasteiger partial charge in [0.05, 0.1) is 11.2 Å².